The summed E-state index contributed by atoms with van der Waals surface area (Å²) in [6.07, 6.45) is -4.35. The fourth-order valence-electron chi connectivity index (χ4n) is 2.64. The predicted octanol–water partition coefficient (Wildman–Crippen LogP) is 6.13. The Hall–Kier alpha value is -2.93. The summed E-state index contributed by atoms with van der Waals surface area (Å²) < 4.78 is 43.9. The molecule has 0 aliphatic rings. The van der Waals surface area contributed by atoms with E-state index in [1.807, 2.05) is 24.3 Å². The number of carbonyl (C=O) groups is 1. The lowest BCUT2D eigenvalue weighted by Gasteiger charge is -2.10. The van der Waals surface area contributed by atoms with Crippen molar-refractivity contribution in [2.24, 2.45) is 0 Å². The number of hydrogen-bond donors (Lipinski definition) is 1. The van der Waals surface area contributed by atoms with E-state index in [0.717, 1.165) is 28.2 Å². The van der Waals surface area contributed by atoms with Crippen LogP contribution < -0.4 is 4.74 Å². The monoisotopic (exact) mass is 418 g/mol. The standard InChI is InChI=1S/C22H17F3O3S/c23-22(24,25)18-6-4-16(5-7-18)17-3-1-2-15(12-17)13-28-19-8-10-20(11-9-19)29-14-21(26)27/h1-12H,13-14H2,(H,26,27). The van der Waals surface area contributed by atoms with Gasteiger partial charge in [-0.15, -0.1) is 11.8 Å². The first-order chi connectivity index (χ1) is 13.8. The van der Waals surface area contributed by atoms with Crippen molar-refractivity contribution in [2.45, 2.75) is 17.7 Å². The van der Waals surface area contributed by atoms with Crippen LogP contribution in [0.4, 0.5) is 13.2 Å². The number of hydrogen-bond acceptors (Lipinski definition) is 3. The molecule has 3 rings (SSSR count). The highest BCUT2D eigenvalue weighted by molar-refractivity contribution is 8.00. The fourth-order valence-corrected chi connectivity index (χ4v) is 3.25. The summed E-state index contributed by atoms with van der Waals surface area (Å²) in [5.74, 6) is -0.232. The van der Waals surface area contributed by atoms with Gasteiger partial charge in [0.1, 0.15) is 12.4 Å². The van der Waals surface area contributed by atoms with Crippen molar-refractivity contribution in [2.75, 3.05) is 5.75 Å². The molecule has 7 heteroatoms. The van der Waals surface area contributed by atoms with Crippen LogP contribution in [0, 0.1) is 0 Å². The van der Waals surface area contributed by atoms with Gasteiger partial charge in [-0.2, -0.15) is 13.2 Å². The third-order valence-corrected chi connectivity index (χ3v) is 5.06. The second-order valence-electron chi connectivity index (χ2n) is 6.22. The van der Waals surface area contributed by atoms with Gasteiger partial charge in [-0.25, -0.2) is 0 Å². The van der Waals surface area contributed by atoms with E-state index < -0.39 is 17.7 Å². The van der Waals surface area contributed by atoms with Crippen LogP contribution in [0.25, 0.3) is 11.1 Å². The first-order valence-electron chi connectivity index (χ1n) is 8.65. The first kappa shape index (κ1) is 20.8. The zero-order chi connectivity index (χ0) is 20.9. The Morgan fingerprint density at radius 2 is 1.62 bits per heavy atom. The quantitative estimate of drug-likeness (QED) is 0.469. The lowest BCUT2D eigenvalue weighted by atomic mass is 10.0. The largest absolute Gasteiger partial charge is 0.489 e. The third-order valence-electron chi connectivity index (χ3n) is 4.06. The van der Waals surface area contributed by atoms with Gasteiger partial charge in [0.2, 0.25) is 0 Å². The van der Waals surface area contributed by atoms with Crippen molar-refractivity contribution in [3.63, 3.8) is 0 Å². The van der Waals surface area contributed by atoms with E-state index in [-0.39, 0.29) is 5.75 Å². The summed E-state index contributed by atoms with van der Waals surface area (Å²) in [4.78, 5) is 11.4. The molecule has 3 aromatic carbocycles. The summed E-state index contributed by atoms with van der Waals surface area (Å²) in [5.41, 5.74) is 1.71. The highest BCUT2D eigenvalue weighted by Crippen LogP contribution is 2.31. The van der Waals surface area contributed by atoms with Gasteiger partial charge >= 0.3 is 12.1 Å². The van der Waals surface area contributed by atoms with Crippen molar-refractivity contribution in [3.8, 4) is 16.9 Å². The molecule has 0 aromatic heterocycles. The van der Waals surface area contributed by atoms with Crippen LogP contribution in [0.5, 0.6) is 5.75 Å². The number of rotatable bonds is 7. The van der Waals surface area contributed by atoms with Crippen LogP contribution in [0.1, 0.15) is 11.1 Å². The van der Waals surface area contributed by atoms with Crippen LogP contribution in [0.3, 0.4) is 0 Å². The van der Waals surface area contributed by atoms with Crippen molar-refractivity contribution >= 4 is 17.7 Å². The summed E-state index contributed by atoms with van der Waals surface area (Å²) in [7, 11) is 0. The lowest BCUT2D eigenvalue weighted by Crippen LogP contribution is -2.04. The van der Waals surface area contributed by atoms with Crippen LogP contribution in [-0.4, -0.2) is 16.8 Å². The van der Waals surface area contributed by atoms with Gasteiger partial charge in [0.25, 0.3) is 0 Å². The molecule has 0 heterocycles. The third kappa shape index (κ3) is 6.02. The lowest BCUT2D eigenvalue weighted by molar-refractivity contribution is -0.137. The minimum Gasteiger partial charge on any atom is -0.489 e. The smallest absolute Gasteiger partial charge is 0.416 e. The molecule has 0 aliphatic heterocycles. The zero-order valence-electron chi connectivity index (χ0n) is 15.1. The highest BCUT2D eigenvalue weighted by Gasteiger charge is 2.29. The molecule has 0 radical (unpaired) electrons. The Bertz CT molecular complexity index is 968. The molecule has 150 valence electrons. The average molecular weight is 418 g/mol. The Morgan fingerprint density at radius 1 is 0.931 bits per heavy atom. The topological polar surface area (TPSA) is 46.5 Å². The van der Waals surface area contributed by atoms with Gasteiger partial charge in [0, 0.05) is 4.90 Å². The molecule has 0 spiro atoms. The highest BCUT2D eigenvalue weighted by atomic mass is 32.2. The molecule has 0 unspecified atom stereocenters. The maximum Gasteiger partial charge on any atom is 0.416 e. The molecule has 0 amide bonds. The van der Waals surface area contributed by atoms with E-state index in [0.29, 0.717) is 17.9 Å². The number of alkyl halides is 3. The average Bonchev–Trinajstić information content (AvgIpc) is 2.71. The number of halogens is 3. The summed E-state index contributed by atoms with van der Waals surface area (Å²) in [6.45, 7) is 0.302. The Morgan fingerprint density at radius 3 is 2.24 bits per heavy atom. The molecule has 29 heavy (non-hydrogen) atoms. The van der Waals surface area contributed by atoms with E-state index in [4.69, 9.17) is 9.84 Å². The number of carboxylic acids is 1. The van der Waals surface area contributed by atoms with Gasteiger partial charge in [-0.05, 0) is 59.2 Å². The normalized spacial score (nSPS) is 11.3. The van der Waals surface area contributed by atoms with Crippen molar-refractivity contribution in [1.29, 1.82) is 0 Å². The molecule has 0 saturated heterocycles. The SMILES string of the molecule is O=C(O)CSc1ccc(OCc2cccc(-c3ccc(C(F)(F)F)cc3)c2)cc1. The van der Waals surface area contributed by atoms with E-state index >= 15 is 0 Å². The van der Waals surface area contributed by atoms with E-state index in [1.54, 1.807) is 24.3 Å². The van der Waals surface area contributed by atoms with Gasteiger partial charge in [0.15, 0.2) is 0 Å². The molecule has 0 atom stereocenters. The predicted molar refractivity (Wildman–Crippen MR) is 106 cm³/mol. The molecular formula is C22H17F3O3S. The second kappa shape index (κ2) is 9.05. The van der Waals surface area contributed by atoms with Crippen LogP contribution in [0.2, 0.25) is 0 Å². The van der Waals surface area contributed by atoms with Gasteiger partial charge in [0.05, 0.1) is 11.3 Å². The number of benzene rings is 3. The van der Waals surface area contributed by atoms with Crippen molar-refractivity contribution in [1.82, 2.24) is 0 Å². The molecule has 3 nitrogen and oxygen atoms in total. The molecule has 0 fully saturated rings. The van der Waals surface area contributed by atoms with Crippen LogP contribution in [-0.2, 0) is 17.6 Å². The second-order valence-corrected chi connectivity index (χ2v) is 7.27. The summed E-state index contributed by atoms with van der Waals surface area (Å²) in [6, 6.07) is 19.6. The van der Waals surface area contributed by atoms with Crippen molar-refractivity contribution in [3.05, 3.63) is 83.9 Å². The van der Waals surface area contributed by atoms with Gasteiger partial charge in [-0.3, -0.25) is 4.79 Å². The zero-order valence-corrected chi connectivity index (χ0v) is 16.0. The van der Waals surface area contributed by atoms with Crippen LogP contribution >= 0.6 is 11.8 Å². The summed E-state index contributed by atoms with van der Waals surface area (Å²) >= 11 is 1.23. The maximum atomic E-state index is 12.7. The Balaban J connectivity index is 1.63. The molecule has 3 aromatic rings. The minimum absolute atomic E-state index is 0.00303. The van der Waals surface area contributed by atoms with E-state index in [1.165, 1.54) is 23.9 Å². The first-order valence-corrected chi connectivity index (χ1v) is 9.64. The van der Waals surface area contributed by atoms with Crippen LogP contribution in [0.15, 0.2) is 77.7 Å². The van der Waals surface area contributed by atoms with E-state index in [9.17, 15) is 18.0 Å². The molecular weight excluding hydrogens is 401 g/mol. The van der Waals surface area contributed by atoms with E-state index in [2.05, 4.69) is 0 Å². The molecule has 1 N–H and O–H groups in total. The number of aliphatic carboxylic acids is 1. The fraction of sp³-hybridized carbons (Fsp3) is 0.136. The van der Waals surface area contributed by atoms with Gasteiger partial charge < -0.3 is 9.84 Å². The Labute approximate surface area is 170 Å². The number of ether oxygens (including phenoxy) is 1. The van der Waals surface area contributed by atoms with Gasteiger partial charge in [-0.1, -0.05) is 30.3 Å². The van der Waals surface area contributed by atoms with Crippen molar-refractivity contribution < 1.29 is 27.8 Å². The minimum atomic E-state index is -4.35. The number of carboxylic acid groups (broad SMARTS) is 1. The Kier molecular flexibility index (Phi) is 6.49. The molecule has 0 aliphatic carbocycles. The maximum absolute atomic E-state index is 12.7. The summed E-state index contributed by atoms with van der Waals surface area (Å²) in [5, 5.41) is 8.70. The number of thioether (sulfide) groups is 1. The molecule has 0 saturated carbocycles. The molecule has 0 bridgehead atoms.